The van der Waals surface area contributed by atoms with Crippen molar-refractivity contribution in [3.63, 3.8) is 0 Å². The third kappa shape index (κ3) is 7.71. The molecule has 1 fully saturated rings. The van der Waals surface area contributed by atoms with E-state index >= 15 is 0 Å². The number of nitrogens with zero attached hydrogens (tertiary/aromatic N) is 3. The van der Waals surface area contributed by atoms with Gasteiger partial charge in [0.05, 0.1) is 6.61 Å². The summed E-state index contributed by atoms with van der Waals surface area (Å²) in [6, 6.07) is 13.5. The molecule has 2 heterocycles. The van der Waals surface area contributed by atoms with E-state index in [0.717, 1.165) is 44.9 Å². The van der Waals surface area contributed by atoms with Crippen LogP contribution in [0.25, 0.3) is 0 Å². The summed E-state index contributed by atoms with van der Waals surface area (Å²) >= 11 is 0. The van der Waals surface area contributed by atoms with E-state index in [1.54, 1.807) is 19.3 Å². The highest BCUT2D eigenvalue weighted by atomic mass is 127. The Morgan fingerprint density at radius 3 is 2.83 bits per heavy atom. The highest BCUT2D eigenvalue weighted by Crippen LogP contribution is 2.20. The van der Waals surface area contributed by atoms with Gasteiger partial charge in [-0.25, -0.2) is 9.37 Å². The van der Waals surface area contributed by atoms with Crippen molar-refractivity contribution in [2.45, 2.75) is 31.9 Å². The second-order valence-corrected chi connectivity index (χ2v) is 7.13. The molecule has 30 heavy (non-hydrogen) atoms. The van der Waals surface area contributed by atoms with Gasteiger partial charge in [-0.1, -0.05) is 30.3 Å². The quantitative estimate of drug-likeness (QED) is 0.226. The molecule has 1 aliphatic rings. The Balaban J connectivity index is 0.00000320. The van der Waals surface area contributed by atoms with Gasteiger partial charge in [-0.15, -0.1) is 24.0 Å². The zero-order valence-corrected chi connectivity index (χ0v) is 19.7. The predicted molar refractivity (Wildman–Crippen MR) is 130 cm³/mol. The van der Waals surface area contributed by atoms with Gasteiger partial charge < -0.3 is 20.3 Å². The molecule has 1 aromatic heterocycles. The highest BCUT2D eigenvalue weighted by Gasteiger charge is 2.25. The normalized spacial score (nSPS) is 16.3. The van der Waals surface area contributed by atoms with E-state index in [9.17, 15) is 4.39 Å². The number of unbranched alkanes of at least 4 members (excludes halogenated alkanes) is 1. The lowest BCUT2D eigenvalue weighted by molar-refractivity contribution is 0.117. The van der Waals surface area contributed by atoms with Gasteiger partial charge in [0.25, 0.3) is 0 Å². The van der Waals surface area contributed by atoms with Crippen LogP contribution in [0.3, 0.4) is 0 Å². The lowest BCUT2D eigenvalue weighted by Gasteiger charge is -2.20. The summed E-state index contributed by atoms with van der Waals surface area (Å²) in [5.74, 6) is 0.934. The zero-order chi connectivity index (χ0) is 20.3. The van der Waals surface area contributed by atoms with Crippen molar-refractivity contribution < 1.29 is 9.13 Å². The molecule has 0 aliphatic carbocycles. The van der Waals surface area contributed by atoms with Gasteiger partial charge >= 0.3 is 0 Å². The van der Waals surface area contributed by atoms with Crippen LogP contribution >= 0.6 is 24.0 Å². The molecule has 2 N–H and O–H groups in total. The fourth-order valence-electron chi connectivity index (χ4n) is 3.37. The molecular formula is C22H31FIN5O. The molecule has 1 aromatic carbocycles. The van der Waals surface area contributed by atoms with E-state index in [0.29, 0.717) is 19.0 Å². The van der Waals surface area contributed by atoms with Crippen LogP contribution in [-0.4, -0.2) is 50.3 Å². The van der Waals surface area contributed by atoms with Crippen molar-refractivity contribution in [1.82, 2.24) is 15.6 Å². The van der Waals surface area contributed by atoms with Crippen LogP contribution in [0, 0.1) is 5.82 Å². The molecule has 1 atom stereocenters. The maximum Gasteiger partial charge on any atom is 0.191 e. The summed E-state index contributed by atoms with van der Waals surface area (Å²) < 4.78 is 19.6. The number of ether oxygens (including phenoxy) is 1. The molecule has 6 nitrogen and oxygen atoms in total. The monoisotopic (exact) mass is 527 g/mol. The first-order valence-electron chi connectivity index (χ1n) is 10.2. The van der Waals surface area contributed by atoms with Crippen LogP contribution < -0.4 is 15.5 Å². The largest absolute Gasteiger partial charge is 0.377 e. The van der Waals surface area contributed by atoms with Crippen LogP contribution in [0.15, 0.2) is 53.7 Å². The lowest BCUT2D eigenvalue weighted by Crippen LogP contribution is -2.45. The highest BCUT2D eigenvalue weighted by molar-refractivity contribution is 14.0. The molecular weight excluding hydrogens is 496 g/mol. The molecule has 1 unspecified atom stereocenters. The predicted octanol–water partition coefficient (Wildman–Crippen LogP) is 3.58. The Hall–Kier alpha value is -1.94. The first-order chi connectivity index (χ1) is 14.3. The Morgan fingerprint density at radius 1 is 1.23 bits per heavy atom. The summed E-state index contributed by atoms with van der Waals surface area (Å²) in [7, 11) is 1.77. The van der Waals surface area contributed by atoms with Crippen molar-refractivity contribution in [2.75, 3.05) is 38.2 Å². The Morgan fingerprint density at radius 2 is 2.07 bits per heavy atom. The summed E-state index contributed by atoms with van der Waals surface area (Å²) in [5.41, 5.74) is 1.20. The van der Waals surface area contributed by atoms with Gasteiger partial charge in [-0.05, 0) is 37.0 Å². The Bertz CT molecular complexity index is 777. The summed E-state index contributed by atoms with van der Waals surface area (Å²) in [6.45, 7) is 3.73. The number of aromatic nitrogens is 1. The van der Waals surface area contributed by atoms with Crippen LogP contribution in [0.2, 0.25) is 0 Å². The minimum atomic E-state index is -0.273. The number of hydrogen-bond acceptors (Lipinski definition) is 4. The third-order valence-corrected chi connectivity index (χ3v) is 4.91. The van der Waals surface area contributed by atoms with Gasteiger partial charge in [-0.3, -0.25) is 4.99 Å². The summed E-state index contributed by atoms with van der Waals surface area (Å²) in [6.07, 6.45) is 4.55. The number of rotatable bonds is 9. The minimum absolute atomic E-state index is 0. The van der Waals surface area contributed by atoms with E-state index in [1.165, 1.54) is 11.6 Å². The Labute approximate surface area is 195 Å². The number of guanidine groups is 1. The Kier molecular flexibility index (Phi) is 10.9. The second kappa shape index (κ2) is 13.4. The second-order valence-electron chi connectivity index (χ2n) is 7.13. The van der Waals surface area contributed by atoms with Crippen LogP contribution in [0.1, 0.15) is 24.8 Å². The van der Waals surface area contributed by atoms with E-state index in [2.05, 4.69) is 32.7 Å². The zero-order valence-electron chi connectivity index (χ0n) is 17.4. The number of halogens is 2. The number of anilines is 1. The van der Waals surface area contributed by atoms with E-state index in [1.807, 2.05) is 23.1 Å². The van der Waals surface area contributed by atoms with Crippen LogP contribution in [0.4, 0.5) is 10.2 Å². The van der Waals surface area contributed by atoms with Gasteiger partial charge in [0.15, 0.2) is 17.6 Å². The smallest absolute Gasteiger partial charge is 0.191 e. The number of aliphatic imine (C=N–C) groups is 1. The first kappa shape index (κ1) is 24.3. The molecule has 8 heteroatoms. The lowest BCUT2D eigenvalue weighted by atomic mass is 10.2. The number of hydrogen-bond donors (Lipinski definition) is 2. The van der Waals surface area contributed by atoms with Gasteiger partial charge in [-0.2, -0.15) is 0 Å². The maximum absolute atomic E-state index is 13.9. The van der Waals surface area contributed by atoms with Crippen molar-refractivity contribution in [2.24, 2.45) is 4.99 Å². The summed E-state index contributed by atoms with van der Waals surface area (Å²) in [4.78, 5) is 10.4. The van der Waals surface area contributed by atoms with Crippen molar-refractivity contribution in [3.8, 4) is 0 Å². The molecule has 2 aromatic rings. The fraction of sp³-hybridized carbons (Fsp3) is 0.455. The van der Waals surface area contributed by atoms with Gasteiger partial charge in [0, 0.05) is 45.5 Å². The van der Waals surface area contributed by atoms with Gasteiger partial charge in [0.1, 0.15) is 0 Å². The van der Waals surface area contributed by atoms with E-state index in [4.69, 9.17) is 4.74 Å². The molecule has 164 valence electrons. The molecule has 0 saturated carbocycles. The number of nitrogens with one attached hydrogen (secondary N) is 2. The topological polar surface area (TPSA) is 61.8 Å². The molecule has 0 amide bonds. The fourth-order valence-corrected chi connectivity index (χ4v) is 3.37. The average molecular weight is 527 g/mol. The number of pyridine rings is 1. The molecule has 0 bridgehead atoms. The molecule has 0 radical (unpaired) electrons. The van der Waals surface area contributed by atoms with Crippen LogP contribution in [-0.2, 0) is 11.3 Å². The first-order valence-corrected chi connectivity index (χ1v) is 10.2. The standard InChI is InChI=1S/C22H30FN5O.HI/c1-24-22(26-12-5-6-15-29-17-18-8-3-2-4-9-18)27-19-11-14-28(16-19)21-20(23)10-7-13-25-21;/h2-4,7-10,13,19H,5-6,11-12,14-17H2,1H3,(H2,24,26,27);1H. The molecule has 0 spiro atoms. The molecule has 3 rings (SSSR count). The average Bonchev–Trinajstić information content (AvgIpc) is 3.21. The van der Waals surface area contributed by atoms with E-state index in [-0.39, 0.29) is 35.8 Å². The van der Waals surface area contributed by atoms with E-state index < -0.39 is 0 Å². The molecule has 1 saturated heterocycles. The van der Waals surface area contributed by atoms with Crippen molar-refractivity contribution in [1.29, 1.82) is 0 Å². The van der Waals surface area contributed by atoms with Crippen molar-refractivity contribution >= 4 is 35.8 Å². The molecule has 1 aliphatic heterocycles. The third-order valence-electron chi connectivity index (χ3n) is 4.91. The maximum atomic E-state index is 13.9. The van der Waals surface area contributed by atoms with Crippen LogP contribution in [0.5, 0.6) is 0 Å². The number of benzene rings is 1. The van der Waals surface area contributed by atoms with Crippen molar-refractivity contribution in [3.05, 3.63) is 60.0 Å². The minimum Gasteiger partial charge on any atom is -0.377 e. The SMILES string of the molecule is CN=C(NCCCCOCc1ccccc1)NC1CCN(c2ncccc2F)C1.I. The van der Waals surface area contributed by atoms with Gasteiger partial charge in [0.2, 0.25) is 0 Å². The summed E-state index contributed by atoms with van der Waals surface area (Å²) in [5, 5.41) is 6.77.